The third-order valence-electron chi connectivity index (χ3n) is 2.84. The Morgan fingerprint density at radius 2 is 2.60 bits per heavy atom. The summed E-state index contributed by atoms with van der Waals surface area (Å²) in [5, 5.41) is 6.83. The van der Waals surface area contributed by atoms with Crippen molar-refractivity contribution < 1.29 is 0 Å². The van der Waals surface area contributed by atoms with Crippen molar-refractivity contribution in [2.45, 2.75) is 32.4 Å². The van der Waals surface area contributed by atoms with Crippen LogP contribution in [0.2, 0.25) is 0 Å². The highest BCUT2D eigenvalue weighted by molar-refractivity contribution is 7.09. The van der Waals surface area contributed by atoms with Gasteiger partial charge in [-0.05, 0) is 25.9 Å². The number of nitrogens with one attached hydrogen (secondary N) is 1. The summed E-state index contributed by atoms with van der Waals surface area (Å²) in [7, 11) is 0. The lowest BCUT2D eigenvalue weighted by Crippen LogP contribution is -2.45. The third kappa shape index (κ3) is 3.26. The van der Waals surface area contributed by atoms with E-state index in [0.29, 0.717) is 6.04 Å². The van der Waals surface area contributed by atoms with Crippen molar-refractivity contribution in [1.29, 1.82) is 0 Å². The van der Waals surface area contributed by atoms with Crippen LogP contribution in [0.3, 0.4) is 0 Å². The number of likely N-dealkylation sites (N-methyl/N-ethyl adjacent to an activating group) is 1. The van der Waals surface area contributed by atoms with Crippen molar-refractivity contribution >= 4 is 11.3 Å². The molecular formula is C11H19N3S. The standard InChI is InChI=1S/C11H19N3S/c1-2-12-10-4-3-6-14(8-10)9-11-13-5-7-15-11/h5,7,10,12H,2-4,6,8-9H2,1H3. The second-order valence-corrected chi connectivity index (χ2v) is 5.04. The number of thiazole rings is 1. The fraction of sp³-hybridized carbons (Fsp3) is 0.727. The molecule has 4 heteroatoms. The lowest BCUT2D eigenvalue weighted by atomic mass is 10.1. The van der Waals surface area contributed by atoms with Gasteiger partial charge in [0.25, 0.3) is 0 Å². The van der Waals surface area contributed by atoms with Gasteiger partial charge in [-0.3, -0.25) is 4.90 Å². The predicted molar refractivity (Wildman–Crippen MR) is 64.1 cm³/mol. The monoisotopic (exact) mass is 225 g/mol. The number of aromatic nitrogens is 1. The largest absolute Gasteiger partial charge is 0.313 e. The summed E-state index contributed by atoms with van der Waals surface area (Å²) in [6.45, 7) is 6.68. The van der Waals surface area contributed by atoms with E-state index in [1.165, 1.54) is 30.9 Å². The van der Waals surface area contributed by atoms with Crippen molar-refractivity contribution in [2.24, 2.45) is 0 Å². The maximum absolute atomic E-state index is 4.34. The van der Waals surface area contributed by atoms with E-state index in [1.807, 2.05) is 6.20 Å². The first-order valence-electron chi connectivity index (χ1n) is 5.72. The minimum atomic E-state index is 0.684. The quantitative estimate of drug-likeness (QED) is 0.845. The molecule has 0 aliphatic carbocycles. The number of hydrogen-bond donors (Lipinski definition) is 1. The highest BCUT2D eigenvalue weighted by atomic mass is 32.1. The molecule has 2 heterocycles. The van der Waals surface area contributed by atoms with E-state index in [0.717, 1.165) is 13.1 Å². The zero-order chi connectivity index (χ0) is 10.5. The van der Waals surface area contributed by atoms with E-state index in [-0.39, 0.29) is 0 Å². The van der Waals surface area contributed by atoms with Gasteiger partial charge in [-0.1, -0.05) is 6.92 Å². The fourth-order valence-electron chi connectivity index (χ4n) is 2.18. The Bertz CT molecular complexity index is 271. The molecule has 1 fully saturated rings. The second kappa shape index (κ2) is 5.58. The minimum Gasteiger partial charge on any atom is -0.313 e. The van der Waals surface area contributed by atoms with Crippen LogP contribution in [0.15, 0.2) is 11.6 Å². The summed E-state index contributed by atoms with van der Waals surface area (Å²) in [5.74, 6) is 0. The van der Waals surface area contributed by atoms with Gasteiger partial charge in [0.05, 0.1) is 6.54 Å². The Kier molecular flexibility index (Phi) is 4.11. The third-order valence-corrected chi connectivity index (χ3v) is 3.61. The Morgan fingerprint density at radius 3 is 3.33 bits per heavy atom. The van der Waals surface area contributed by atoms with Gasteiger partial charge >= 0.3 is 0 Å². The van der Waals surface area contributed by atoms with E-state index in [4.69, 9.17) is 0 Å². The van der Waals surface area contributed by atoms with Crippen LogP contribution in [0.25, 0.3) is 0 Å². The SMILES string of the molecule is CCNC1CCCN(Cc2nccs2)C1. The molecule has 84 valence electrons. The predicted octanol–water partition coefficient (Wildman–Crippen LogP) is 1.72. The van der Waals surface area contributed by atoms with Crippen molar-refractivity contribution in [2.75, 3.05) is 19.6 Å². The zero-order valence-corrected chi connectivity index (χ0v) is 10.1. The van der Waals surface area contributed by atoms with Crippen molar-refractivity contribution in [3.05, 3.63) is 16.6 Å². The van der Waals surface area contributed by atoms with Crippen LogP contribution in [-0.4, -0.2) is 35.6 Å². The molecule has 15 heavy (non-hydrogen) atoms. The Balaban J connectivity index is 1.82. The molecule has 0 bridgehead atoms. The molecule has 1 aliphatic rings. The molecule has 1 aromatic heterocycles. The summed E-state index contributed by atoms with van der Waals surface area (Å²) >= 11 is 1.76. The molecule has 0 amide bonds. The van der Waals surface area contributed by atoms with Crippen LogP contribution in [0.5, 0.6) is 0 Å². The highest BCUT2D eigenvalue weighted by Gasteiger charge is 2.19. The number of hydrogen-bond acceptors (Lipinski definition) is 4. The molecule has 2 rings (SSSR count). The molecule has 3 nitrogen and oxygen atoms in total. The normalized spacial score (nSPS) is 23.1. The van der Waals surface area contributed by atoms with E-state index in [2.05, 4.69) is 27.5 Å². The topological polar surface area (TPSA) is 28.2 Å². The molecule has 1 saturated heterocycles. The van der Waals surface area contributed by atoms with Gasteiger partial charge in [0.15, 0.2) is 0 Å². The molecule has 0 radical (unpaired) electrons. The molecule has 1 atom stereocenters. The average Bonchev–Trinajstić information content (AvgIpc) is 2.71. The maximum atomic E-state index is 4.34. The number of likely N-dealkylation sites (tertiary alicyclic amines) is 1. The molecule has 0 aromatic carbocycles. The average molecular weight is 225 g/mol. The fourth-order valence-corrected chi connectivity index (χ4v) is 2.83. The molecule has 1 N–H and O–H groups in total. The minimum absolute atomic E-state index is 0.684. The van der Waals surface area contributed by atoms with Gasteiger partial charge in [-0.2, -0.15) is 0 Å². The van der Waals surface area contributed by atoms with Gasteiger partial charge in [-0.25, -0.2) is 4.98 Å². The van der Waals surface area contributed by atoms with Gasteiger partial charge in [0.2, 0.25) is 0 Å². The van der Waals surface area contributed by atoms with E-state index in [1.54, 1.807) is 11.3 Å². The number of piperidine rings is 1. The van der Waals surface area contributed by atoms with Crippen LogP contribution in [0.4, 0.5) is 0 Å². The number of rotatable bonds is 4. The molecule has 0 spiro atoms. The van der Waals surface area contributed by atoms with E-state index < -0.39 is 0 Å². The summed E-state index contributed by atoms with van der Waals surface area (Å²) in [6, 6.07) is 0.684. The lowest BCUT2D eigenvalue weighted by molar-refractivity contribution is 0.184. The Hall–Kier alpha value is -0.450. The van der Waals surface area contributed by atoms with Crippen molar-refractivity contribution in [3.63, 3.8) is 0 Å². The summed E-state index contributed by atoms with van der Waals surface area (Å²) < 4.78 is 0. The molecule has 1 aromatic rings. The molecule has 1 aliphatic heterocycles. The Morgan fingerprint density at radius 1 is 1.67 bits per heavy atom. The first kappa shape index (κ1) is 11.0. The maximum Gasteiger partial charge on any atom is 0.107 e. The number of nitrogens with zero attached hydrogens (tertiary/aromatic N) is 2. The van der Waals surface area contributed by atoms with Crippen LogP contribution in [0, 0.1) is 0 Å². The summed E-state index contributed by atoms with van der Waals surface area (Å²) in [6.07, 6.45) is 4.52. The first-order chi connectivity index (χ1) is 7.38. The smallest absolute Gasteiger partial charge is 0.107 e. The van der Waals surface area contributed by atoms with Crippen molar-refractivity contribution in [1.82, 2.24) is 15.2 Å². The summed E-state index contributed by atoms with van der Waals surface area (Å²) in [5.41, 5.74) is 0. The van der Waals surface area contributed by atoms with Crippen LogP contribution < -0.4 is 5.32 Å². The second-order valence-electron chi connectivity index (χ2n) is 4.06. The zero-order valence-electron chi connectivity index (χ0n) is 9.28. The summed E-state index contributed by atoms with van der Waals surface area (Å²) in [4.78, 5) is 6.85. The van der Waals surface area contributed by atoms with Gasteiger partial charge in [-0.15, -0.1) is 11.3 Å². The highest BCUT2D eigenvalue weighted by Crippen LogP contribution is 2.14. The van der Waals surface area contributed by atoms with Crippen molar-refractivity contribution in [3.8, 4) is 0 Å². The van der Waals surface area contributed by atoms with Gasteiger partial charge < -0.3 is 5.32 Å². The van der Waals surface area contributed by atoms with Crippen LogP contribution in [0.1, 0.15) is 24.8 Å². The van der Waals surface area contributed by atoms with Gasteiger partial charge in [0, 0.05) is 24.2 Å². The van der Waals surface area contributed by atoms with Gasteiger partial charge in [0.1, 0.15) is 5.01 Å². The van der Waals surface area contributed by atoms with Crippen LogP contribution >= 0.6 is 11.3 Å². The van der Waals surface area contributed by atoms with Crippen LogP contribution in [-0.2, 0) is 6.54 Å². The molecule has 1 unspecified atom stereocenters. The first-order valence-corrected chi connectivity index (χ1v) is 6.60. The lowest BCUT2D eigenvalue weighted by Gasteiger charge is -2.32. The Labute approximate surface area is 95.5 Å². The van der Waals surface area contributed by atoms with E-state index >= 15 is 0 Å². The van der Waals surface area contributed by atoms with E-state index in [9.17, 15) is 0 Å². The molecule has 0 saturated carbocycles. The molecular weight excluding hydrogens is 206 g/mol.